The minimum Gasteiger partial charge on any atom is -0.466 e. The van der Waals surface area contributed by atoms with Gasteiger partial charge in [0.05, 0.1) is 24.4 Å². The van der Waals surface area contributed by atoms with Gasteiger partial charge in [0.2, 0.25) is 6.41 Å². The number of nitriles is 1. The van der Waals surface area contributed by atoms with Gasteiger partial charge in [-0.05, 0) is 23.8 Å². The summed E-state index contributed by atoms with van der Waals surface area (Å²) in [7, 11) is 3.17. The predicted molar refractivity (Wildman–Crippen MR) is 93.5 cm³/mol. The number of hydrogen-bond donors (Lipinski definition) is 0. The molecule has 1 aromatic carbocycles. The maximum atomic E-state index is 14.3. The van der Waals surface area contributed by atoms with Crippen LogP contribution in [0.2, 0.25) is 0 Å². The Hall–Kier alpha value is -3.68. The van der Waals surface area contributed by atoms with E-state index in [0.29, 0.717) is 11.0 Å². The lowest BCUT2D eigenvalue weighted by Crippen LogP contribution is -2.32. The molecule has 0 aliphatic rings. The number of imide groups is 1. The number of ether oxygens (including phenoxy) is 1. The molecule has 0 N–H and O–H groups in total. The smallest absolute Gasteiger partial charge is 0.431 e. The first-order chi connectivity index (χ1) is 13.5. The normalized spacial score (nSPS) is 11.7. The van der Waals surface area contributed by atoms with Gasteiger partial charge in [0.1, 0.15) is 11.5 Å². The van der Waals surface area contributed by atoms with Crippen LogP contribution in [0.15, 0.2) is 30.0 Å². The predicted octanol–water partition coefficient (Wildman–Crippen LogP) is 2.38. The van der Waals surface area contributed by atoms with Gasteiger partial charge in [-0.25, -0.2) is 14.1 Å². The number of methoxy groups -OCH3 is 1. The van der Waals surface area contributed by atoms with Crippen molar-refractivity contribution in [3.63, 3.8) is 0 Å². The van der Waals surface area contributed by atoms with Gasteiger partial charge in [-0.15, -0.1) is 0 Å². The molecule has 2 amide bonds. The van der Waals surface area contributed by atoms with E-state index < -0.39 is 35.3 Å². The fraction of sp³-hybridized carbons (Fsp3) is 0.222. The standard InChI is InChI=1S/C18H15F4N3O4/c1-24(2)15(18(20,21)22)8-16(27)25(10-26)14-7-11(4-5-17(28)29-3)12(9-23)6-13(14)19/h4-8,10H,1-3H3/b5-4-,15-8-. The summed E-state index contributed by atoms with van der Waals surface area (Å²) in [6, 6.07) is 3.20. The van der Waals surface area contributed by atoms with Crippen LogP contribution in [0.5, 0.6) is 0 Å². The van der Waals surface area contributed by atoms with E-state index in [2.05, 4.69) is 4.74 Å². The number of esters is 1. The van der Waals surface area contributed by atoms with Gasteiger partial charge >= 0.3 is 12.1 Å². The quantitative estimate of drug-likeness (QED) is 0.308. The lowest BCUT2D eigenvalue weighted by molar-refractivity contribution is -0.134. The molecular formula is C18H15F4N3O4. The minimum atomic E-state index is -4.90. The average molecular weight is 413 g/mol. The van der Waals surface area contributed by atoms with Crippen LogP contribution in [0.4, 0.5) is 23.2 Å². The Morgan fingerprint density at radius 1 is 1.24 bits per heavy atom. The van der Waals surface area contributed by atoms with Crippen LogP contribution >= 0.6 is 0 Å². The molecule has 29 heavy (non-hydrogen) atoms. The molecule has 0 aliphatic carbocycles. The number of carbonyl (C=O) groups excluding carboxylic acids is 3. The van der Waals surface area contributed by atoms with E-state index in [1.54, 1.807) is 6.07 Å². The fourth-order valence-electron chi connectivity index (χ4n) is 2.10. The molecule has 0 fully saturated rings. The number of alkyl halides is 3. The first-order valence-corrected chi connectivity index (χ1v) is 7.70. The number of halogens is 4. The molecule has 0 spiro atoms. The molecule has 1 rings (SSSR count). The van der Waals surface area contributed by atoms with Crippen molar-refractivity contribution in [3.8, 4) is 6.07 Å². The molecule has 0 saturated carbocycles. The number of rotatable bonds is 6. The van der Waals surface area contributed by atoms with Crippen LogP contribution < -0.4 is 4.90 Å². The summed E-state index contributed by atoms with van der Waals surface area (Å²) in [5.41, 5.74) is -2.38. The number of anilines is 1. The first kappa shape index (κ1) is 23.4. The molecule has 0 aliphatic heterocycles. The van der Waals surface area contributed by atoms with Crippen molar-refractivity contribution in [2.24, 2.45) is 0 Å². The number of allylic oxidation sites excluding steroid dienone is 1. The van der Waals surface area contributed by atoms with E-state index in [1.165, 1.54) is 0 Å². The zero-order valence-corrected chi connectivity index (χ0v) is 15.5. The summed E-state index contributed by atoms with van der Waals surface area (Å²) in [4.78, 5) is 35.5. The highest BCUT2D eigenvalue weighted by molar-refractivity contribution is 6.12. The van der Waals surface area contributed by atoms with E-state index in [0.717, 1.165) is 39.4 Å². The largest absolute Gasteiger partial charge is 0.466 e. The fourth-order valence-corrected chi connectivity index (χ4v) is 2.10. The Morgan fingerprint density at radius 3 is 2.31 bits per heavy atom. The highest BCUT2D eigenvalue weighted by Crippen LogP contribution is 2.28. The second-order valence-corrected chi connectivity index (χ2v) is 5.59. The number of nitrogens with zero attached hydrogens (tertiary/aromatic N) is 3. The minimum absolute atomic E-state index is 0.0680. The van der Waals surface area contributed by atoms with Crippen LogP contribution in [0.1, 0.15) is 11.1 Å². The molecule has 7 nitrogen and oxygen atoms in total. The van der Waals surface area contributed by atoms with E-state index >= 15 is 0 Å². The van der Waals surface area contributed by atoms with Gasteiger partial charge in [-0.3, -0.25) is 9.59 Å². The monoisotopic (exact) mass is 413 g/mol. The topological polar surface area (TPSA) is 90.7 Å². The van der Waals surface area contributed by atoms with Crippen LogP contribution in [-0.2, 0) is 19.1 Å². The first-order valence-electron chi connectivity index (χ1n) is 7.70. The highest BCUT2D eigenvalue weighted by atomic mass is 19.4. The molecule has 1 aromatic rings. The van der Waals surface area contributed by atoms with Crippen molar-refractivity contribution in [2.75, 3.05) is 26.1 Å². The summed E-state index contributed by atoms with van der Waals surface area (Å²) in [6.45, 7) is 0. The Bertz CT molecular complexity index is 915. The van der Waals surface area contributed by atoms with Crippen molar-refractivity contribution in [1.29, 1.82) is 5.26 Å². The maximum Gasteiger partial charge on any atom is 0.431 e. The average Bonchev–Trinajstić information content (AvgIpc) is 2.64. The number of carbonyl (C=O) groups is 3. The van der Waals surface area contributed by atoms with Gasteiger partial charge in [-0.1, -0.05) is 0 Å². The SMILES string of the molecule is COC(=O)/C=C\c1cc(N(C=O)C(=O)/C=C(\N(C)C)C(F)(F)F)c(F)cc1C#N. The summed E-state index contributed by atoms with van der Waals surface area (Å²) >= 11 is 0. The summed E-state index contributed by atoms with van der Waals surface area (Å²) in [6.07, 6.45) is -2.96. The summed E-state index contributed by atoms with van der Waals surface area (Å²) in [5.74, 6) is -3.47. The van der Waals surface area contributed by atoms with Crippen molar-refractivity contribution in [1.82, 2.24) is 4.90 Å². The van der Waals surface area contributed by atoms with Crippen molar-refractivity contribution >= 4 is 30.0 Å². The van der Waals surface area contributed by atoms with Gasteiger partial charge in [0.15, 0.2) is 0 Å². The summed E-state index contributed by atoms with van der Waals surface area (Å²) < 4.78 is 57.8. The molecule has 154 valence electrons. The lowest BCUT2D eigenvalue weighted by atomic mass is 10.1. The highest BCUT2D eigenvalue weighted by Gasteiger charge is 2.36. The third kappa shape index (κ3) is 5.90. The van der Waals surface area contributed by atoms with Crippen molar-refractivity contribution < 1.29 is 36.7 Å². The Labute approximate surface area is 163 Å². The Kier molecular flexibility index (Phi) is 7.65. The van der Waals surface area contributed by atoms with Crippen molar-refractivity contribution in [2.45, 2.75) is 6.18 Å². The molecule has 0 saturated heterocycles. The van der Waals surface area contributed by atoms with Gasteiger partial charge in [0, 0.05) is 26.2 Å². The Balaban J connectivity index is 3.51. The van der Waals surface area contributed by atoms with Gasteiger partial charge in [-0.2, -0.15) is 18.4 Å². The third-order valence-electron chi connectivity index (χ3n) is 3.47. The van der Waals surface area contributed by atoms with Crippen molar-refractivity contribution in [3.05, 3.63) is 46.9 Å². The molecule has 0 radical (unpaired) electrons. The lowest BCUT2D eigenvalue weighted by Gasteiger charge is -2.21. The Morgan fingerprint density at radius 2 is 1.86 bits per heavy atom. The molecule has 0 unspecified atom stereocenters. The number of benzene rings is 1. The second kappa shape index (κ2) is 9.50. The molecule has 0 atom stereocenters. The van der Waals surface area contributed by atoms with E-state index in [9.17, 15) is 31.9 Å². The second-order valence-electron chi connectivity index (χ2n) is 5.59. The summed E-state index contributed by atoms with van der Waals surface area (Å²) in [5, 5.41) is 9.07. The third-order valence-corrected chi connectivity index (χ3v) is 3.47. The molecule has 0 aromatic heterocycles. The molecular weight excluding hydrogens is 398 g/mol. The zero-order valence-electron chi connectivity index (χ0n) is 15.5. The van der Waals surface area contributed by atoms with Gasteiger partial charge < -0.3 is 9.64 Å². The molecule has 0 heterocycles. The number of hydrogen-bond acceptors (Lipinski definition) is 6. The molecule has 11 heteroatoms. The molecule has 0 bridgehead atoms. The van der Waals surface area contributed by atoms with Crippen LogP contribution in [0.3, 0.4) is 0 Å². The van der Waals surface area contributed by atoms with Crippen LogP contribution in [0.25, 0.3) is 6.08 Å². The van der Waals surface area contributed by atoms with E-state index in [-0.39, 0.29) is 28.5 Å². The number of amides is 2. The maximum absolute atomic E-state index is 14.3. The van der Waals surface area contributed by atoms with Crippen LogP contribution in [-0.4, -0.2) is 50.6 Å². The van der Waals surface area contributed by atoms with Crippen LogP contribution in [0, 0.1) is 17.1 Å². The zero-order chi connectivity index (χ0) is 22.4. The van der Waals surface area contributed by atoms with E-state index in [1.807, 2.05) is 0 Å². The van der Waals surface area contributed by atoms with Gasteiger partial charge in [0.25, 0.3) is 5.91 Å². The van der Waals surface area contributed by atoms with E-state index in [4.69, 9.17) is 5.26 Å².